The molecule has 12 aromatic rings. The van der Waals surface area contributed by atoms with Crippen molar-refractivity contribution in [2.24, 2.45) is 11.5 Å². The number of anilines is 4. The number of carbonyl (C=O) groups is 3. The minimum atomic E-state index is -3.58. The van der Waals surface area contributed by atoms with Crippen LogP contribution in [0.15, 0.2) is 113 Å². The number of hydrogen-bond acceptors (Lipinski definition) is 23. The van der Waals surface area contributed by atoms with Gasteiger partial charge < -0.3 is 53.3 Å². The molecule has 0 aliphatic carbocycles. The van der Waals surface area contributed by atoms with Crippen LogP contribution in [0, 0.1) is 34.9 Å². The maximum Gasteiger partial charge on any atom is 0.339 e. The number of pyridine rings is 2. The molecule has 6 aromatic heterocycles. The first-order valence-electron chi connectivity index (χ1n) is 29.6. The quantitative estimate of drug-likeness (QED) is 0.0169. The number of carbonyl (C=O) groups excluding carboxylic acids is 1. The molecule has 0 spiro atoms. The number of carboxylic acids is 2. The zero-order valence-electron chi connectivity index (χ0n) is 58.1. The number of carboxylic acid groups (broad SMARTS) is 2. The highest BCUT2D eigenvalue weighted by Gasteiger charge is 2.20. The zero-order chi connectivity index (χ0) is 88.5. The summed E-state index contributed by atoms with van der Waals surface area (Å²) in [5, 5.41) is 15.1. The predicted molar refractivity (Wildman–Crippen MR) is 454 cm³/mol. The summed E-state index contributed by atoms with van der Waals surface area (Å²) in [7, 11) is -0.463. The fourth-order valence-corrected chi connectivity index (χ4v) is 10.8. The molecule has 15 N–H and O–H groups in total. The lowest BCUT2D eigenvalue weighted by Gasteiger charge is -2.12. The van der Waals surface area contributed by atoms with Crippen LogP contribution in [0.3, 0.4) is 0 Å². The van der Waals surface area contributed by atoms with Gasteiger partial charge in [0.25, 0.3) is 5.56 Å². The molecule has 30 nitrogen and oxygen atoms in total. The number of aromatic carboxylic acids is 2. The van der Waals surface area contributed by atoms with Crippen molar-refractivity contribution in [1.29, 1.82) is 0 Å². The Kier molecular flexibility index (Phi) is 44.4. The number of aromatic amines is 2. The SMILES string of the molecule is C.C.C.COc1ncc(-c2nc(Cl)nc3c(Cl)cc(F)cc23)cc1N.COc1ncc(-c2nc(Cl)nc3c(Cl)cc(F)cc23)cc1NS(C)(=O)=O.CS(=O)(=O)Cl.Fc1cc(Cl)c2nc(Cl)nc(Cl)c2c1.NC(N)=O.Nc1c(Cl)cc(F)cc1C(=O)O.Nc1ccc(F)cc1C(=O)O.O=P(Cl)(Cl)Cl.O=c1[nH]c(=O)c2cc(F)cc(Cl)c2[nH]1.[2H]CF. The molecule has 6 aromatic carbocycles. The van der Waals surface area contributed by atoms with Crippen LogP contribution in [-0.4, -0.2) is 129 Å². The van der Waals surface area contributed by atoms with E-state index in [0.717, 1.165) is 67.1 Å². The number of sulfonamides is 1. The summed E-state index contributed by atoms with van der Waals surface area (Å²) in [5.74, 6) is -5.68. The van der Waals surface area contributed by atoms with Gasteiger partial charge in [0, 0.05) is 56.0 Å². The normalized spacial score (nSPS) is 10.4. The van der Waals surface area contributed by atoms with E-state index in [2.05, 4.69) is 105 Å². The average Bonchev–Trinajstić information content (AvgIpc) is 0.783. The van der Waals surface area contributed by atoms with E-state index >= 15 is 0 Å². The summed E-state index contributed by atoms with van der Waals surface area (Å²) in [6.45, 7) is 0. The topological polar surface area (TPSA) is 506 Å². The Morgan fingerprint density at radius 1 is 0.525 bits per heavy atom. The number of nitrogens with zero attached hydrogens (tertiary/aromatic N) is 8. The van der Waals surface area contributed by atoms with E-state index in [4.69, 9.17) is 147 Å². The minimum absolute atomic E-state index is 0. The highest BCUT2D eigenvalue weighted by molar-refractivity contribution is 8.24. The van der Waals surface area contributed by atoms with Gasteiger partial charge in [-0.15, -0.1) is 0 Å². The molecule has 118 heavy (non-hydrogen) atoms. The number of H-pyrrole nitrogens is 2. The van der Waals surface area contributed by atoms with Crippen molar-refractivity contribution in [1.82, 2.24) is 49.8 Å². The Morgan fingerprint density at radius 2 is 0.881 bits per heavy atom. The second kappa shape index (κ2) is 48.9. The zero-order valence-corrected chi connectivity index (χ0v) is 69.5. The van der Waals surface area contributed by atoms with Crippen LogP contribution in [0.25, 0.3) is 66.1 Å². The van der Waals surface area contributed by atoms with Crippen molar-refractivity contribution in [2.75, 3.05) is 55.8 Å². The van der Waals surface area contributed by atoms with E-state index in [0.29, 0.717) is 49.7 Å². The van der Waals surface area contributed by atoms with Crippen molar-refractivity contribution in [3.8, 4) is 34.3 Å². The minimum Gasteiger partial charge on any atom is -0.480 e. The predicted octanol–water partition coefficient (Wildman–Crippen LogP) is 19.4. The third-order valence-corrected chi connectivity index (χ3v) is 15.2. The molecule has 0 atom stereocenters. The van der Waals surface area contributed by atoms with Gasteiger partial charge in [-0.05, 0) is 160 Å². The van der Waals surface area contributed by atoms with Gasteiger partial charge >= 0.3 is 28.9 Å². The molecule has 0 bridgehead atoms. The smallest absolute Gasteiger partial charge is 0.339 e. The Bertz CT molecular complexity index is 6020. The van der Waals surface area contributed by atoms with Crippen LogP contribution in [0.1, 0.15) is 44.4 Å². The Hall–Kier alpha value is -9.00. The fourth-order valence-electron chi connectivity index (χ4n) is 8.25. The van der Waals surface area contributed by atoms with Gasteiger partial charge in [0.2, 0.25) is 46.7 Å². The first-order chi connectivity index (χ1) is 53.6. The number of ether oxygens (including phenoxy) is 2. The number of alkyl halides is 1. The van der Waals surface area contributed by atoms with Gasteiger partial charge in [0.05, 0.1) is 122 Å². The van der Waals surface area contributed by atoms with Gasteiger partial charge in [-0.1, -0.05) is 91.9 Å². The second-order valence-electron chi connectivity index (χ2n) is 20.7. The summed E-state index contributed by atoms with van der Waals surface area (Å²) in [4.78, 5) is 88.1. The van der Waals surface area contributed by atoms with Gasteiger partial charge in [0.1, 0.15) is 45.7 Å². The molecule has 0 fully saturated rings. The molecule has 12 rings (SSSR count). The number of benzene rings is 6. The molecule has 0 aliphatic heterocycles. The summed E-state index contributed by atoms with van der Waals surface area (Å²) < 4.78 is 158. The lowest BCUT2D eigenvalue weighted by Crippen LogP contribution is -2.22. The summed E-state index contributed by atoms with van der Waals surface area (Å²) in [6, 6.07) is 16.4. The number of nitrogens with one attached hydrogen (secondary N) is 3. The van der Waals surface area contributed by atoms with Crippen LogP contribution >= 0.6 is 154 Å². The molecule has 0 saturated carbocycles. The van der Waals surface area contributed by atoms with Crippen molar-refractivity contribution < 1.29 is 87.6 Å². The number of primary amides is 2. The number of rotatable bonds is 8. The Balaban J connectivity index is 0.00000137. The van der Waals surface area contributed by atoms with Crippen LogP contribution in [0.4, 0.5) is 58.3 Å². The van der Waals surface area contributed by atoms with Gasteiger partial charge in [-0.3, -0.25) is 23.5 Å². The first-order valence-corrected chi connectivity index (χ1v) is 41.3. The van der Waals surface area contributed by atoms with Crippen molar-refractivity contribution in [3.05, 3.63) is 216 Å². The fraction of sp³-hybridized carbons (Fsp3) is 0.123. The number of methoxy groups -OCH3 is 2. The monoisotopic (exact) mass is 1970 g/mol. The molecule has 0 radical (unpaired) electrons. The third-order valence-electron chi connectivity index (χ3n) is 12.3. The number of nitrogens with two attached hydrogens (primary N) is 5. The number of nitrogen functional groups attached to an aromatic ring is 3. The van der Waals surface area contributed by atoms with E-state index < -0.39 is 95.5 Å². The first kappa shape index (κ1) is 107. The number of fused-ring (bicyclic) bond motifs is 4. The summed E-state index contributed by atoms with van der Waals surface area (Å²) >= 11 is 66.0. The van der Waals surface area contributed by atoms with Gasteiger partial charge in [-0.25, -0.2) is 102 Å². The van der Waals surface area contributed by atoms with Gasteiger partial charge in [-0.2, -0.15) is 0 Å². The van der Waals surface area contributed by atoms with E-state index in [1.165, 1.54) is 56.9 Å². The molecule has 640 valence electrons. The van der Waals surface area contributed by atoms with E-state index in [1.54, 1.807) is 6.07 Å². The van der Waals surface area contributed by atoms with E-state index in [9.17, 15) is 71.3 Å². The van der Waals surface area contributed by atoms with Crippen molar-refractivity contribution in [2.45, 2.75) is 22.3 Å². The number of hydrogen-bond donors (Lipinski definition) is 10. The molecule has 6 heterocycles. The number of aromatic nitrogens is 10. The lowest BCUT2D eigenvalue weighted by atomic mass is 10.1. The highest BCUT2D eigenvalue weighted by atomic mass is 36.0. The lowest BCUT2D eigenvalue weighted by molar-refractivity contribution is 0.0686. The molecular weight excluding hydrogens is 1920 g/mol. The van der Waals surface area contributed by atoms with Crippen LogP contribution < -0.4 is 54.1 Å². The molecule has 0 aliphatic rings. The average molecular weight is 1980 g/mol. The molecule has 2 amide bonds. The largest absolute Gasteiger partial charge is 0.480 e. The number of urea groups is 1. The van der Waals surface area contributed by atoms with Crippen LogP contribution in [0.5, 0.6) is 11.8 Å². The van der Waals surface area contributed by atoms with E-state index in [-0.39, 0.29) is 130 Å². The maximum atomic E-state index is 13.8. The second-order valence-corrected chi connectivity index (χ2v) is 35.5. The maximum absolute atomic E-state index is 13.8. The van der Waals surface area contributed by atoms with Crippen LogP contribution in [0.2, 0.25) is 46.1 Å². The molecule has 53 heteroatoms. The number of amides is 2. The molecule has 0 saturated heterocycles. The van der Waals surface area contributed by atoms with E-state index in [1.807, 2.05) is 4.98 Å². The van der Waals surface area contributed by atoms with Crippen molar-refractivity contribution >= 4 is 257 Å². The van der Waals surface area contributed by atoms with Crippen LogP contribution in [-0.2, 0) is 23.6 Å². The third kappa shape index (κ3) is 35.9. The van der Waals surface area contributed by atoms with Gasteiger partial charge in [0.15, 0.2) is 0 Å². The Morgan fingerprint density at radius 3 is 1.28 bits per heavy atom. The summed E-state index contributed by atoms with van der Waals surface area (Å²) in [5.41, 5.74) is 26.0. The molecular formula is C65H59Cl13F7N16O14PS2. The molecule has 0 unspecified atom stereocenters. The Labute approximate surface area is 729 Å². The standard InChI is InChI=1S/C15H11Cl2FN4O3S.C14H9Cl2FN4O.C8H2Cl3FN2.C8H4ClFN2O2.C7H5ClFNO2.C7H6FNO2.CH3ClO2S.CH3F.CH4N2O.3CH4.Cl3OP/c1-25-14-11(22-26(2,23)24)3-7(6-19-14)12-9-4-8(18)5-10(16)13(9)21-15(17)20-12;1-22-13-10(18)2-6(5-19-13)11-8-3-7(17)4-9(15)12(8)21-14(16)20-11;9-5-2-3(12)1-4-6(5)13-8(11)14-7(4)10;9-5-2-3(10)1-4-6(5)11-8(14)12-7(4)13;8-5-2-3(9)1-4(6(5)10)7(11)12;8-4-1-2-6(9)5(3-4)7(10)11;1-5(2,3)4;1-2;2-1(3)4;;;;1-5(2,3)4/h3-6,22H,1-2H3;2-5H,18H2,1H3;1-2H;1-2H,(H2,11,12,13,14);1-2H,10H2,(H,11,12);1-3H,9H2,(H,10,11);1H3;1H3;(H4,2,3,4);3*1H4;/i;;;;;;;1D;;;;;. The number of halogens is 20. The van der Waals surface area contributed by atoms with Crippen molar-refractivity contribution in [3.63, 3.8) is 0 Å². The highest BCUT2D eigenvalue weighted by Crippen LogP contribution is 2.61. The summed E-state index contributed by atoms with van der Waals surface area (Å²) in [6.07, 6.45) is 4.81.